The van der Waals surface area contributed by atoms with Gasteiger partial charge in [0.05, 0.1) is 7.11 Å². The molecule has 0 unspecified atom stereocenters. The zero-order valence-corrected chi connectivity index (χ0v) is 7.16. The molecular weight excluding hydrogens is 176 g/mol. The predicted octanol–water partition coefficient (Wildman–Crippen LogP) is 0.655. The van der Waals surface area contributed by atoms with Crippen LogP contribution in [0.4, 0.5) is 0 Å². The average molecular weight is 184 g/mol. The largest absolute Gasteiger partial charge is 0.489 e. The molecule has 5 nitrogen and oxygen atoms in total. The lowest BCUT2D eigenvalue weighted by Crippen LogP contribution is -2.11. The molecule has 1 rings (SSSR count). The molecule has 1 N–H and O–H groups in total. The van der Waals surface area contributed by atoms with Crippen LogP contribution in [0.25, 0.3) is 0 Å². The maximum atomic E-state index is 11.1. The van der Waals surface area contributed by atoms with E-state index in [9.17, 15) is 9.59 Å². The zero-order chi connectivity index (χ0) is 10.0. The Morgan fingerprint density at radius 1 is 1.62 bits per heavy atom. The van der Waals surface area contributed by atoms with E-state index in [1.165, 1.54) is 20.1 Å². The van der Waals surface area contributed by atoms with Crippen molar-refractivity contribution in [2.75, 3.05) is 7.11 Å². The fourth-order valence-electron chi connectivity index (χ4n) is 0.933. The third kappa shape index (κ3) is 1.69. The van der Waals surface area contributed by atoms with Gasteiger partial charge in [-0.15, -0.1) is 0 Å². The lowest BCUT2D eigenvalue weighted by atomic mass is 10.3. The molecule has 0 saturated heterocycles. The summed E-state index contributed by atoms with van der Waals surface area (Å²) in [6.07, 6.45) is 0. The normalized spacial score (nSPS) is 9.69. The van der Waals surface area contributed by atoms with Crippen LogP contribution in [0.2, 0.25) is 0 Å². The van der Waals surface area contributed by atoms with Crippen LogP contribution < -0.4 is 10.2 Å². The smallest absolute Gasteiger partial charge is 0.375 e. The van der Waals surface area contributed by atoms with Crippen LogP contribution in [0, 0.1) is 6.92 Å². The van der Waals surface area contributed by atoms with E-state index in [2.05, 4.69) is 4.74 Å². The van der Waals surface area contributed by atoms with Crippen LogP contribution in [-0.2, 0) is 0 Å². The van der Waals surface area contributed by atoms with Crippen molar-refractivity contribution in [1.82, 2.24) is 0 Å². The van der Waals surface area contributed by atoms with Crippen molar-refractivity contribution >= 4 is 5.97 Å². The summed E-state index contributed by atoms with van der Waals surface area (Å²) in [4.78, 5) is 21.7. The Morgan fingerprint density at radius 3 is 2.69 bits per heavy atom. The van der Waals surface area contributed by atoms with Crippen molar-refractivity contribution in [3.63, 3.8) is 0 Å². The van der Waals surface area contributed by atoms with Crippen molar-refractivity contribution in [2.45, 2.75) is 6.92 Å². The standard InChI is InChI=1S/C8H8O5/c1-4-3-5(9)6(12-2)7(13-4)8(10)11/h3H,1-2H3,(H,10,11). The first-order chi connectivity index (χ1) is 6.06. The average Bonchev–Trinajstić information content (AvgIpc) is 2.02. The number of aryl methyl sites for hydroxylation is 1. The summed E-state index contributed by atoms with van der Waals surface area (Å²) < 4.78 is 9.42. The fraction of sp³-hybridized carbons (Fsp3) is 0.250. The van der Waals surface area contributed by atoms with Crippen molar-refractivity contribution in [3.05, 3.63) is 27.8 Å². The van der Waals surface area contributed by atoms with Crippen LogP contribution in [-0.4, -0.2) is 18.2 Å². The Labute approximate surface area is 73.6 Å². The monoisotopic (exact) mass is 184 g/mol. The Morgan fingerprint density at radius 2 is 2.23 bits per heavy atom. The number of carbonyl (C=O) groups is 1. The van der Waals surface area contributed by atoms with Crippen molar-refractivity contribution in [2.24, 2.45) is 0 Å². The number of carboxylic acid groups (broad SMARTS) is 1. The third-order valence-corrected chi connectivity index (χ3v) is 1.43. The van der Waals surface area contributed by atoms with Gasteiger partial charge in [0.15, 0.2) is 0 Å². The van der Waals surface area contributed by atoms with Gasteiger partial charge in [-0.25, -0.2) is 4.79 Å². The van der Waals surface area contributed by atoms with Crippen molar-refractivity contribution < 1.29 is 19.1 Å². The van der Waals surface area contributed by atoms with E-state index in [1.54, 1.807) is 0 Å². The first-order valence-electron chi connectivity index (χ1n) is 3.48. The zero-order valence-electron chi connectivity index (χ0n) is 7.16. The molecular formula is C8H8O5. The highest BCUT2D eigenvalue weighted by Gasteiger charge is 2.17. The van der Waals surface area contributed by atoms with E-state index in [0.717, 1.165) is 0 Å². The summed E-state index contributed by atoms with van der Waals surface area (Å²) >= 11 is 0. The molecule has 0 bridgehead atoms. The molecule has 0 aliphatic rings. The van der Waals surface area contributed by atoms with Crippen LogP contribution in [0.1, 0.15) is 16.3 Å². The first kappa shape index (κ1) is 9.31. The number of hydrogen-bond donors (Lipinski definition) is 1. The van der Waals surface area contributed by atoms with Crippen LogP contribution in [0.5, 0.6) is 5.75 Å². The van der Waals surface area contributed by atoms with E-state index in [1.807, 2.05) is 0 Å². The molecule has 1 aromatic rings. The minimum atomic E-state index is -1.32. The fourth-order valence-corrected chi connectivity index (χ4v) is 0.933. The van der Waals surface area contributed by atoms with Crippen LogP contribution in [0.3, 0.4) is 0 Å². The quantitative estimate of drug-likeness (QED) is 0.730. The second-order valence-corrected chi connectivity index (χ2v) is 2.39. The molecule has 0 aliphatic heterocycles. The van der Waals surface area contributed by atoms with Crippen LogP contribution >= 0.6 is 0 Å². The van der Waals surface area contributed by atoms with Gasteiger partial charge in [-0.2, -0.15) is 0 Å². The van der Waals surface area contributed by atoms with E-state index >= 15 is 0 Å². The number of rotatable bonds is 2. The summed E-state index contributed by atoms with van der Waals surface area (Å²) in [6, 6.07) is 1.17. The Bertz CT molecular complexity index is 390. The van der Waals surface area contributed by atoms with E-state index in [0.29, 0.717) is 0 Å². The number of hydrogen-bond acceptors (Lipinski definition) is 4. The lowest BCUT2D eigenvalue weighted by molar-refractivity contribution is 0.0651. The highest BCUT2D eigenvalue weighted by atomic mass is 16.5. The van der Waals surface area contributed by atoms with Gasteiger partial charge in [0.2, 0.25) is 11.2 Å². The highest BCUT2D eigenvalue weighted by Crippen LogP contribution is 2.13. The van der Waals surface area contributed by atoms with Gasteiger partial charge in [-0.05, 0) is 6.92 Å². The van der Waals surface area contributed by atoms with Crippen molar-refractivity contribution in [3.8, 4) is 5.75 Å². The number of carboxylic acids is 1. The molecule has 0 aliphatic carbocycles. The molecule has 0 radical (unpaired) electrons. The second-order valence-electron chi connectivity index (χ2n) is 2.39. The molecule has 0 aromatic carbocycles. The van der Waals surface area contributed by atoms with Gasteiger partial charge in [0.25, 0.3) is 5.76 Å². The second kappa shape index (κ2) is 3.30. The molecule has 70 valence electrons. The molecule has 13 heavy (non-hydrogen) atoms. The van der Waals surface area contributed by atoms with Gasteiger partial charge >= 0.3 is 5.97 Å². The summed E-state index contributed by atoms with van der Waals surface area (Å²) in [5.74, 6) is -1.83. The topological polar surface area (TPSA) is 76.7 Å². The van der Waals surface area contributed by atoms with Gasteiger partial charge in [-0.3, -0.25) is 4.79 Å². The predicted molar refractivity (Wildman–Crippen MR) is 43.2 cm³/mol. The molecule has 0 atom stereocenters. The summed E-state index contributed by atoms with van der Waals surface area (Å²) in [5, 5.41) is 8.63. The van der Waals surface area contributed by atoms with Gasteiger partial charge in [-0.1, -0.05) is 0 Å². The number of ether oxygens (including phenoxy) is 1. The van der Waals surface area contributed by atoms with Gasteiger partial charge in [0.1, 0.15) is 5.76 Å². The Hall–Kier alpha value is -1.78. The summed E-state index contributed by atoms with van der Waals surface area (Å²) in [5.41, 5.74) is -0.497. The van der Waals surface area contributed by atoms with Gasteiger partial charge in [0, 0.05) is 6.07 Å². The van der Waals surface area contributed by atoms with E-state index in [4.69, 9.17) is 9.52 Å². The molecule has 1 aromatic heterocycles. The first-order valence-corrected chi connectivity index (χ1v) is 3.48. The SMILES string of the molecule is COc1c(C(=O)O)oc(C)cc1=O. The van der Waals surface area contributed by atoms with E-state index in [-0.39, 0.29) is 11.5 Å². The summed E-state index contributed by atoms with van der Waals surface area (Å²) in [7, 11) is 1.22. The summed E-state index contributed by atoms with van der Waals surface area (Å²) in [6.45, 7) is 1.49. The lowest BCUT2D eigenvalue weighted by Gasteiger charge is -2.02. The molecule has 0 amide bonds. The Balaban J connectivity index is 3.47. The number of aromatic carboxylic acids is 1. The molecule has 0 saturated carbocycles. The maximum absolute atomic E-state index is 11.1. The molecule has 0 spiro atoms. The highest BCUT2D eigenvalue weighted by molar-refractivity contribution is 5.87. The molecule has 1 heterocycles. The third-order valence-electron chi connectivity index (χ3n) is 1.43. The van der Waals surface area contributed by atoms with E-state index < -0.39 is 17.2 Å². The molecule has 5 heteroatoms. The minimum Gasteiger partial charge on any atom is -0.489 e. The maximum Gasteiger partial charge on any atom is 0.375 e. The van der Waals surface area contributed by atoms with Crippen molar-refractivity contribution in [1.29, 1.82) is 0 Å². The van der Waals surface area contributed by atoms with Crippen LogP contribution in [0.15, 0.2) is 15.3 Å². The minimum absolute atomic E-state index is 0.239. The van der Waals surface area contributed by atoms with Gasteiger partial charge < -0.3 is 14.3 Å². The Kier molecular flexibility index (Phi) is 2.36. The number of methoxy groups -OCH3 is 1. The molecule has 0 fully saturated rings.